The molecule has 146 valence electrons. The molecule has 0 unspecified atom stereocenters. The van der Waals surface area contributed by atoms with Gasteiger partial charge in [0, 0.05) is 45.0 Å². The summed E-state index contributed by atoms with van der Waals surface area (Å²) in [4.78, 5) is 20.5. The fourth-order valence-corrected chi connectivity index (χ4v) is 3.91. The fraction of sp³-hybridized carbons (Fsp3) is 0.278. The number of aliphatic imine (C=N–C) groups is 1. The van der Waals surface area contributed by atoms with Crippen LogP contribution in [-0.4, -0.2) is 63.7 Å². The van der Waals surface area contributed by atoms with Crippen LogP contribution in [0, 0.1) is 0 Å². The highest BCUT2D eigenvalue weighted by Crippen LogP contribution is 2.30. The lowest BCUT2D eigenvalue weighted by Crippen LogP contribution is -2.29. The molecule has 2 N–H and O–H groups in total. The van der Waals surface area contributed by atoms with E-state index in [-0.39, 0.29) is 0 Å². The van der Waals surface area contributed by atoms with E-state index < -0.39 is 0 Å². The number of carbonyl (C=O) groups excluding carboxylic acids is 1. The second-order valence-corrected chi connectivity index (χ2v) is 7.16. The minimum atomic E-state index is 0.485. The second-order valence-electron chi connectivity index (χ2n) is 6.07. The van der Waals surface area contributed by atoms with Crippen molar-refractivity contribution >= 4 is 40.0 Å². The maximum absolute atomic E-state index is 11.6. The lowest BCUT2D eigenvalue weighted by Gasteiger charge is -2.14. The Morgan fingerprint density at radius 2 is 2.36 bits per heavy atom. The molecule has 3 aromatic rings. The summed E-state index contributed by atoms with van der Waals surface area (Å²) in [6.07, 6.45) is 6.49. The van der Waals surface area contributed by atoms with Gasteiger partial charge in [-0.1, -0.05) is 6.58 Å². The van der Waals surface area contributed by atoms with E-state index in [1.165, 1.54) is 0 Å². The average Bonchev–Trinajstić information content (AvgIpc) is 3.38. The second kappa shape index (κ2) is 8.61. The van der Waals surface area contributed by atoms with E-state index in [0.29, 0.717) is 18.7 Å². The number of thiazole rings is 1. The van der Waals surface area contributed by atoms with Crippen LogP contribution in [0.15, 0.2) is 35.1 Å². The summed E-state index contributed by atoms with van der Waals surface area (Å²) in [5.41, 5.74) is 3.08. The minimum absolute atomic E-state index is 0.485. The van der Waals surface area contributed by atoms with Crippen LogP contribution in [0.3, 0.4) is 0 Å². The average molecular weight is 398 g/mol. The number of aromatic nitrogens is 4. The Morgan fingerprint density at radius 1 is 1.54 bits per heavy atom. The molecule has 0 spiro atoms. The van der Waals surface area contributed by atoms with Crippen molar-refractivity contribution in [3.8, 4) is 0 Å². The molecule has 9 nitrogen and oxygen atoms in total. The normalized spacial score (nSPS) is 12.0. The first-order valence-electron chi connectivity index (χ1n) is 8.57. The Bertz CT molecular complexity index is 1030. The molecule has 0 fully saturated rings. The van der Waals surface area contributed by atoms with Crippen LogP contribution in [0.25, 0.3) is 10.3 Å². The number of hydrazone groups is 1. The predicted octanol–water partition coefficient (Wildman–Crippen LogP) is 1.79. The van der Waals surface area contributed by atoms with Crippen LogP contribution in [-0.2, 0) is 13.5 Å². The highest BCUT2D eigenvalue weighted by Gasteiger charge is 2.18. The van der Waals surface area contributed by atoms with Gasteiger partial charge in [0.15, 0.2) is 11.9 Å². The highest BCUT2D eigenvalue weighted by molar-refractivity contribution is 7.19. The molecule has 0 amide bonds. The van der Waals surface area contributed by atoms with Crippen molar-refractivity contribution in [3.05, 3.63) is 47.0 Å². The van der Waals surface area contributed by atoms with Gasteiger partial charge in [0.25, 0.3) is 0 Å². The van der Waals surface area contributed by atoms with Gasteiger partial charge < -0.3 is 9.88 Å². The van der Waals surface area contributed by atoms with Crippen molar-refractivity contribution in [2.45, 2.75) is 6.42 Å². The SMILES string of the molecule is C=CNC(CN(C)/N=C\c1c(C=O)n(C)c2nc(Cc3ccn[nH]3)sc12)=NC. The van der Waals surface area contributed by atoms with Crippen LogP contribution in [0.1, 0.15) is 26.8 Å². The van der Waals surface area contributed by atoms with Crippen molar-refractivity contribution < 1.29 is 4.79 Å². The van der Waals surface area contributed by atoms with Crippen molar-refractivity contribution in [1.82, 2.24) is 30.1 Å². The molecule has 0 aliphatic rings. The number of aldehydes is 1. The van der Waals surface area contributed by atoms with Crippen LogP contribution in [0.4, 0.5) is 0 Å². The lowest BCUT2D eigenvalue weighted by atomic mass is 10.3. The molecule has 28 heavy (non-hydrogen) atoms. The standard InChI is InChI=1S/C18H22N8OS/c1-5-20-15(19-2)10-25(3)22-9-13-14(11-27)26(4)18-17(13)28-16(23-18)8-12-6-7-21-24-12/h5-7,9,11H,1,8,10H2,2-4H3,(H,19,20)(H,21,24)/b22-9-. The maximum Gasteiger partial charge on any atom is 0.167 e. The Labute approximate surface area is 166 Å². The summed E-state index contributed by atoms with van der Waals surface area (Å²) in [5.74, 6) is 0.739. The molecule has 0 saturated heterocycles. The largest absolute Gasteiger partial charge is 0.350 e. The number of hydrogen-bond donors (Lipinski definition) is 2. The van der Waals surface area contributed by atoms with Gasteiger partial charge in [-0.05, 0) is 12.3 Å². The Morgan fingerprint density at radius 3 is 3.00 bits per heavy atom. The van der Waals surface area contributed by atoms with Gasteiger partial charge in [0.05, 0.1) is 23.2 Å². The molecule has 0 radical (unpaired) electrons. The third-order valence-corrected chi connectivity index (χ3v) is 5.24. The number of H-pyrrole nitrogens is 1. The van der Waals surface area contributed by atoms with Crippen molar-refractivity contribution in [3.63, 3.8) is 0 Å². The molecule has 0 aliphatic heterocycles. The van der Waals surface area contributed by atoms with Crippen molar-refractivity contribution in [1.29, 1.82) is 0 Å². The Balaban J connectivity index is 1.89. The Kier molecular flexibility index (Phi) is 5.99. The number of fused-ring (bicyclic) bond motifs is 1. The van der Waals surface area contributed by atoms with Gasteiger partial charge in [-0.15, -0.1) is 11.3 Å². The lowest BCUT2D eigenvalue weighted by molar-refractivity contribution is 0.111. The number of rotatable bonds is 8. The first kappa shape index (κ1) is 19.5. The summed E-state index contributed by atoms with van der Waals surface area (Å²) in [6, 6.07) is 1.92. The topological polar surface area (TPSA) is 104 Å². The van der Waals surface area contributed by atoms with E-state index in [2.05, 4.69) is 37.2 Å². The van der Waals surface area contributed by atoms with Gasteiger partial charge in [0.2, 0.25) is 0 Å². The summed E-state index contributed by atoms with van der Waals surface area (Å²) in [6.45, 7) is 4.12. The number of likely N-dealkylation sites (N-methyl/N-ethyl adjacent to an activating group) is 1. The van der Waals surface area contributed by atoms with Gasteiger partial charge in [0.1, 0.15) is 10.8 Å². The van der Waals surface area contributed by atoms with Crippen LogP contribution in [0.5, 0.6) is 0 Å². The number of hydrogen-bond acceptors (Lipinski definition) is 7. The smallest absolute Gasteiger partial charge is 0.167 e. The number of carbonyl (C=O) groups is 1. The van der Waals surface area contributed by atoms with Crippen LogP contribution < -0.4 is 5.32 Å². The fourth-order valence-electron chi connectivity index (χ4n) is 2.77. The third-order valence-electron chi connectivity index (χ3n) is 4.17. The van der Waals surface area contributed by atoms with Crippen LogP contribution in [0.2, 0.25) is 0 Å². The quantitative estimate of drug-likeness (QED) is 0.261. The molecular formula is C18H22N8OS. The maximum atomic E-state index is 11.6. The summed E-state index contributed by atoms with van der Waals surface area (Å²) in [7, 11) is 5.37. The molecule has 3 rings (SSSR count). The zero-order valence-electron chi connectivity index (χ0n) is 16.0. The predicted molar refractivity (Wildman–Crippen MR) is 112 cm³/mol. The van der Waals surface area contributed by atoms with Crippen LogP contribution >= 0.6 is 11.3 Å². The van der Waals surface area contributed by atoms with Crippen molar-refractivity contribution in [2.24, 2.45) is 17.1 Å². The van der Waals surface area contributed by atoms with Gasteiger partial charge in [-0.3, -0.25) is 19.9 Å². The first-order chi connectivity index (χ1) is 13.6. The monoisotopic (exact) mass is 398 g/mol. The van der Waals surface area contributed by atoms with E-state index in [0.717, 1.165) is 38.7 Å². The molecule has 0 aromatic carbocycles. The molecule has 3 aromatic heterocycles. The molecule has 3 heterocycles. The molecule has 0 bridgehead atoms. The molecule has 0 saturated carbocycles. The molecule has 10 heteroatoms. The zero-order valence-corrected chi connectivity index (χ0v) is 16.8. The molecule has 0 aliphatic carbocycles. The van der Waals surface area contributed by atoms with Gasteiger partial charge in [-0.2, -0.15) is 10.2 Å². The highest BCUT2D eigenvalue weighted by atomic mass is 32.1. The third kappa shape index (κ3) is 4.01. The summed E-state index contributed by atoms with van der Waals surface area (Å²) >= 11 is 1.55. The Hall–Kier alpha value is -3.27. The zero-order chi connectivity index (χ0) is 20.1. The van der Waals surface area contributed by atoms with Crippen molar-refractivity contribution in [2.75, 3.05) is 20.6 Å². The summed E-state index contributed by atoms with van der Waals surface area (Å²) < 4.78 is 2.74. The van der Waals surface area contributed by atoms with E-state index in [4.69, 9.17) is 0 Å². The molecular weight excluding hydrogens is 376 g/mol. The number of nitrogens with zero attached hydrogens (tertiary/aromatic N) is 6. The van der Waals surface area contributed by atoms with E-state index in [1.807, 2.05) is 20.2 Å². The van der Waals surface area contributed by atoms with E-state index in [9.17, 15) is 4.79 Å². The first-order valence-corrected chi connectivity index (χ1v) is 9.38. The number of nitrogens with one attached hydrogen (secondary N) is 2. The molecule has 0 atom stereocenters. The number of aryl methyl sites for hydroxylation is 1. The number of aromatic amines is 1. The van der Waals surface area contributed by atoms with E-state index >= 15 is 0 Å². The van der Waals surface area contributed by atoms with Gasteiger partial charge >= 0.3 is 0 Å². The van der Waals surface area contributed by atoms with Gasteiger partial charge in [-0.25, -0.2) is 4.98 Å². The van der Waals surface area contributed by atoms with E-state index in [1.54, 1.807) is 46.6 Å². The number of amidine groups is 1. The summed E-state index contributed by atoms with van der Waals surface area (Å²) in [5, 5.41) is 17.0. The minimum Gasteiger partial charge on any atom is -0.350 e.